The summed E-state index contributed by atoms with van der Waals surface area (Å²) in [5.41, 5.74) is 3.34. The molecule has 34 heavy (non-hydrogen) atoms. The van der Waals surface area contributed by atoms with Gasteiger partial charge in [-0.2, -0.15) is 4.98 Å². The Morgan fingerprint density at radius 1 is 1.12 bits per heavy atom. The van der Waals surface area contributed by atoms with Crippen LogP contribution in [0.4, 0.5) is 34.5 Å². The van der Waals surface area contributed by atoms with Gasteiger partial charge in [-0.1, -0.05) is 23.7 Å². The van der Waals surface area contributed by atoms with Gasteiger partial charge in [-0.3, -0.25) is 9.59 Å². The minimum atomic E-state index is -0.607. The molecule has 0 radical (unpaired) electrons. The van der Waals surface area contributed by atoms with Gasteiger partial charge in [0.1, 0.15) is 5.02 Å². The number of carbonyl (C=O) groups excluding carboxylic acids is 2. The number of anilines is 6. The number of rotatable bonds is 6. The van der Waals surface area contributed by atoms with Crippen LogP contribution in [0.15, 0.2) is 48.7 Å². The third kappa shape index (κ3) is 4.05. The van der Waals surface area contributed by atoms with E-state index in [1.807, 2.05) is 56.3 Å². The lowest BCUT2D eigenvalue weighted by Crippen LogP contribution is -2.33. The van der Waals surface area contributed by atoms with Gasteiger partial charge in [-0.15, -0.1) is 0 Å². The van der Waals surface area contributed by atoms with Gasteiger partial charge in [0, 0.05) is 24.3 Å². The molecule has 2 aromatic carbocycles. The normalized spacial score (nSPS) is 16.2. The number of carbonyl (C=O) groups is 2. The third-order valence-corrected chi connectivity index (χ3v) is 6.53. The Morgan fingerprint density at radius 3 is 2.59 bits per heavy atom. The summed E-state index contributed by atoms with van der Waals surface area (Å²) in [5.74, 6) is 0.930. The van der Waals surface area contributed by atoms with Gasteiger partial charge in [0.25, 0.3) is 0 Å². The lowest BCUT2D eigenvalue weighted by atomic mass is 9.86. The Labute approximate surface area is 202 Å². The van der Waals surface area contributed by atoms with Gasteiger partial charge in [0.2, 0.25) is 17.8 Å². The Morgan fingerprint density at radius 2 is 1.85 bits per heavy atom. The lowest BCUT2D eigenvalue weighted by Gasteiger charge is -2.17. The molecule has 3 aromatic rings. The van der Waals surface area contributed by atoms with Crippen molar-refractivity contribution in [3.63, 3.8) is 0 Å². The number of para-hydroxylation sites is 2. The van der Waals surface area contributed by atoms with E-state index in [1.165, 1.54) is 6.20 Å². The zero-order valence-corrected chi connectivity index (χ0v) is 19.9. The highest BCUT2D eigenvalue weighted by Crippen LogP contribution is 2.42. The van der Waals surface area contributed by atoms with Crippen LogP contribution in [0.3, 0.4) is 0 Å². The zero-order valence-electron chi connectivity index (χ0n) is 19.1. The Kier molecular flexibility index (Phi) is 5.40. The van der Waals surface area contributed by atoms with Crippen LogP contribution in [0, 0.1) is 5.92 Å². The first kappa shape index (κ1) is 22.2. The van der Waals surface area contributed by atoms with E-state index in [-0.39, 0.29) is 17.7 Å². The molecule has 1 aliphatic heterocycles. The summed E-state index contributed by atoms with van der Waals surface area (Å²) in [4.78, 5) is 35.3. The SMILES string of the molecule is CN1C(=O)C(C)(C)c2cc(Nc3ncc(Cl)c(Nc4ccccc4NC(=O)C4CC4)n3)ccc21. The predicted octanol–water partition coefficient (Wildman–Crippen LogP) is 5.22. The maximum atomic E-state index is 12.6. The smallest absolute Gasteiger partial charge is 0.236 e. The van der Waals surface area contributed by atoms with Crippen LogP contribution in [0.5, 0.6) is 0 Å². The number of benzene rings is 2. The van der Waals surface area contributed by atoms with E-state index >= 15 is 0 Å². The number of nitrogens with zero attached hydrogens (tertiary/aromatic N) is 3. The fraction of sp³-hybridized carbons (Fsp3) is 0.280. The Bertz CT molecular complexity index is 1300. The molecule has 0 unspecified atom stereocenters. The van der Waals surface area contributed by atoms with Crippen molar-refractivity contribution in [1.29, 1.82) is 0 Å². The molecule has 1 fully saturated rings. The second-order valence-corrected chi connectivity index (χ2v) is 9.58. The zero-order chi connectivity index (χ0) is 24.0. The summed E-state index contributed by atoms with van der Waals surface area (Å²) in [6.07, 6.45) is 3.37. The van der Waals surface area contributed by atoms with E-state index in [1.54, 1.807) is 11.9 Å². The fourth-order valence-electron chi connectivity index (χ4n) is 4.10. The molecule has 2 heterocycles. The van der Waals surface area contributed by atoms with Crippen LogP contribution in [-0.4, -0.2) is 28.8 Å². The van der Waals surface area contributed by atoms with Crippen molar-refractivity contribution in [1.82, 2.24) is 9.97 Å². The summed E-state index contributed by atoms with van der Waals surface area (Å²) >= 11 is 6.37. The van der Waals surface area contributed by atoms with E-state index in [0.29, 0.717) is 28.2 Å². The van der Waals surface area contributed by atoms with E-state index in [4.69, 9.17) is 11.6 Å². The second kappa shape index (κ2) is 8.29. The van der Waals surface area contributed by atoms with Crippen LogP contribution in [0.1, 0.15) is 32.3 Å². The van der Waals surface area contributed by atoms with Crippen molar-refractivity contribution in [2.75, 3.05) is 27.9 Å². The average Bonchev–Trinajstić information content (AvgIpc) is 3.65. The van der Waals surface area contributed by atoms with Crippen LogP contribution < -0.4 is 20.9 Å². The van der Waals surface area contributed by atoms with E-state index in [2.05, 4.69) is 25.9 Å². The maximum absolute atomic E-state index is 12.6. The summed E-state index contributed by atoms with van der Waals surface area (Å²) in [7, 11) is 1.79. The molecule has 3 N–H and O–H groups in total. The molecule has 1 aliphatic carbocycles. The largest absolute Gasteiger partial charge is 0.337 e. The topological polar surface area (TPSA) is 99.3 Å². The van der Waals surface area contributed by atoms with Gasteiger partial charge in [0.05, 0.1) is 23.0 Å². The van der Waals surface area contributed by atoms with E-state index in [9.17, 15) is 9.59 Å². The molecule has 174 valence electrons. The molecule has 2 amide bonds. The minimum absolute atomic E-state index is 0.0223. The fourth-order valence-corrected chi connectivity index (χ4v) is 4.24. The molecule has 0 saturated heterocycles. The first-order valence-corrected chi connectivity index (χ1v) is 11.5. The molecule has 8 nitrogen and oxygen atoms in total. The summed E-state index contributed by atoms with van der Waals surface area (Å²) in [5, 5.41) is 9.73. The van der Waals surface area contributed by atoms with Gasteiger partial charge in [-0.25, -0.2) is 4.98 Å². The summed E-state index contributed by atoms with van der Waals surface area (Å²) in [6.45, 7) is 3.84. The highest BCUT2D eigenvalue weighted by molar-refractivity contribution is 6.33. The first-order chi connectivity index (χ1) is 16.2. The molecular formula is C25H25ClN6O2. The highest BCUT2D eigenvalue weighted by Gasteiger charge is 2.42. The maximum Gasteiger partial charge on any atom is 0.236 e. The number of likely N-dealkylation sites (N-methyl/N-ethyl adjacent to an activating group) is 1. The van der Waals surface area contributed by atoms with E-state index in [0.717, 1.165) is 29.8 Å². The molecule has 2 aliphatic rings. The number of amides is 2. The monoisotopic (exact) mass is 476 g/mol. The van der Waals surface area contributed by atoms with Crippen molar-refractivity contribution in [3.8, 4) is 0 Å². The van der Waals surface area contributed by atoms with Crippen LogP contribution >= 0.6 is 11.6 Å². The summed E-state index contributed by atoms with van der Waals surface area (Å²) in [6, 6.07) is 13.2. The van der Waals surface area contributed by atoms with Crippen LogP contribution in [0.2, 0.25) is 5.02 Å². The summed E-state index contributed by atoms with van der Waals surface area (Å²) < 4.78 is 0. The van der Waals surface area contributed by atoms with Gasteiger partial charge in [0.15, 0.2) is 5.82 Å². The second-order valence-electron chi connectivity index (χ2n) is 9.17. The Hall–Kier alpha value is -3.65. The van der Waals surface area contributed by atoms with Crippen molar-refractivity contribution in [3.05, 3.63) is 59.2 Å². The highest BCUT2D eigenvalue weighted by atomic mass is 35.5. The van der Waals surface area contributed by atoms with Crippen molar-refractivity contribution in [2.24, 2.45) is 5.92 Å². The Balaban J connectivity index is 1.38. The first-order valence-electron chi connectivity index (χ1n) is 11.1. The molecule has 1 saturated carbocycles. The number of fused-ring (bicyclic) bond motifs is 1. The minimum Gasteiger partial charge on any atom is -0.337 e. The van der Waals surface area contributed by atoms with Crippen LogP contribution in [0.25, 0.3) is 0 Å². The number of aromatic nitrogens is 2. The van der Waals surface area contributed by atoms with Crippen molar-refractivity contribution < 1.29 is 9.59 Å². The van der Waals surface area contributed by atoms with Crippen LogP contribution in [-0.2, 0) is 15.0 Å². The van der Waals surface area contributed by atoms with Gasteiger partial charge >= 0.3 is 0 Å². The lowest BCUT2D eigenvalue weighted by molar-refractivity contribution is -0.121. The van der Waals surface area contributed by atoms with Gasteiger partial charge in [-0.05, 0) is 62.6 Å². The van der Waals surface area contributed by atoms with E-state index < -0.39 is 5.41 Å². The molecule has 0 atom stereocenters. The molecule has 9 heteroatoms. The predicted molar refractivity (Wildman–Crippen MR) is 134 cm³/mol. The number of hydrogen-bond donors (Lipinski definition) is 3. The number of nitrogens with one attached hydrogen (secondary N) is 3. The van der Waals surface area contributed by atoms with Crippen molar-refractivity contribution in [2.45, 2.75) is 32.1 Å². The molecule has 1 aromatic heterocycles. The molecule has 5 rings (SSSR count). The third-order valence-electron chi connectivity index (χ3n) is 6.26. The molecule has 0 bridgehead atoms. The molecule has 0 spiro atoms. The standard InChI is InChI=1S/C25H25ClN6O2/c1-25(2)16-12-15(10-11-20(16)32(3)23(25)34)28-24-27-13-17(26)21(31-24)29-18-6-4-5-7-19(18)30-22(33)14-8-9-14/h4-7,10-14H,8-9H2,1-3H3,(H,30,33)(H2,27,28,29,31). The number of hydrogen-bond acceptors (Lipinski definition) is 6. The van der Waals surface area contributed by atoms with Crippen molar-refractivity contribution >= 4 is 57.9 Å². The molecular weight excluding hydrogens is 452 g/mol. The average molecular weight is 477 g/mol. The number of halogens is 1. The van der Waals surface area contributed by atoms with Gasteiger partial charge < -0.3 is 20.9 Å². The quantitative estimate of drug-likeness (QED) is 0.451.